The highest BCUT2D eigenvalue weighted by atomic mass is 14.5. The van der Waals surface area contributed by atoms with Crippen LogP contribution in [0.25, 0.3) is 0 Å². The van der Waals surface area contributed by atoms with E-state index in [1.54, 1.807) is 0 Å². The van der Waals surface area contributed by atoms with Crippen molar-refractivity contribution in [1.29, 1.82) is 0 Å². The van der Waals surface area contributed by atoms with Gasteiger partial charge in [-0.1, -0.05) is 105 Å². The van der Waals surface area contributed by atoms with Gasteiger partial charge in [0, 0.05) is 5.41 Å². The van der Waals surface area contributed by atoms with Crippen molar-refractivity contribution in [2.75, 3.05) is 0 Å². The zero-order chi connectivity index (χ0) is 16.5. The largest absolute Gasteiger partial charge is 0.0775 e. The lowest BCUT2D eigenvalue weighted by molar-refractivity contribution is 0.265. The van der Waals surface area contributed by atoms with E-state index in [0.717, 1.165) is 6.42 Å². The third-order valence-electron chi connectivity index (χ3n) is 5.07. The molecule has 0 saturated carbocycles. The van der Waals surface area contributed by atoms with Crippen LogP contribution in [0.3, 0.4) is 0 Å². The molecule has 0 aromatic heterocycles. The molecule has 0 atom stereocenters. The molecule has 1 aliphatic carbocycles. The van der Waals surface area contributed by atoms with Crippen LogP contribution in [0, 0.1) is 5.41 Å². The van der Waals surface area contributed by atoms with Crippen LogP contribution in [0.15, 0.2) is 84.0 Å². The van der Waals surface area contributed by atoms with Crippen molar-refractivity contribution in [3.63, 3.8) is 0 Å². The maximum atomic E-state index is 2.39. The van der Waals surface area contributed by atoms with Gasteiger partial charge in [-0.25, -0.2) is 0 Å². The Morgan fingerprint density at radius 3 is 1.57 bits per heavy atom. The molecule has 0 heteroatoms. The van der Waals surface area contributed by atoms with Crippen LogP contribution in [0.1, 0.15) is 45.2 Å². The molecule has 1 aliphatic rings. The van der Waals surface area contributed by atoms with Gasteiger partial charge in [0.2, 0.25) is 0 Å². The summed E-state index contributed by atoms with van der Waals surface area (Å²) in [7, 11) is 0. The van der Waals surface area contributed by atoms with E-state index in [2.05, 4.69) is 101 Å². The molecular formula is C23H26. The lowest BCUT2D eigenvalue weighted by Crippen LogP contribution is -2.42. The van der Waals surface area contributed by atoms with E-state index in [-0.39, 0.29) is 10.8 Å². The summed E-state index contributed by atoms with van der Waals surface area (Å²) in [6, 6.07) is 22.0. The van der Waals surface area contributed by atoms with Gasteiger partial charge in [-0.3, -0.25) is 0 Å². The van der Waals surface area contributed by atoms with Crippen LogP contribution in [-0.2, 0) is 5.41 Å². The van der Waals surface area contributed by atoms with Crippen molar-refractivity contribution in [3.8, 4) is 0 Å². The Labute approximate surface area is 140 Å². The number of rotatable bonds is 3. The second kappa shape index (κ2) is 5.85. The maximum absolute atomic E-state index is 2.39. The molecule has 0 spiro atoms. The first-order valence-corrected chi connectivity index (χ1v) is 8.45. The number of hydrogen-bond donors (Lipinski definition) is 0. The van der Waals surface area contributed by atoms with E-state index < -0.39 is 0 Å². The number of hydrogen-bond acceptors (Lipinski definition) is 0. The van der Waals surface area contributed by atoms with E-state index in [1.807, 2.05) is 0 Å². The highest BCUT2D eigenvalue weighted by Gasteiger charge is 2.47. The normalized spacial score (nSPS) is 15.3. The molecule has 0 unspecified atom stereocenters. The fraction of sp³-hybridized carbons (Fsp3) is 0.304. The van der Waals surface area contributed by atoms with Crippen LogP contribution in [0.5, 0.6) is 0 Å². The minimum Gasteiger partial charge on any atom is -0.0775 e. The summed E-state index contributed by atoms with van der Waals surface area (Å²) < 4.78 is 0. The standard InChI is InChI=1S/C23H26/c1-18-15-16-21(17-18)23(22(2,3)4,19-11-7-5-8-12-19)20-13-9-6-10-14-20/h5-15,17H,16H2,1-4H3. The molecule has 0 fully saturated rings. The number of allylic oxidation sites excluding steroid dienone is 4. The molecule has 0 radical (unpaired) electrons. The monoisotopic (exact) mass is 302 g/mol. The van der Waals surface area contributed by atoms with Crippen molar-refractivity contribution in [2.45, 2.75) is 39.5 Å². The molecule has 0 bridgehead atoms. The van der Waals surface area contributed by atoms with Crippen LogP contribution < -0.4 is 0 Å². The van der Waals surface area contributed by atoms with Gasteiger partial charge in [-0.2, -0.15) is 0 Å². The molecular weight excluding hydrogens is 276 g/mol. The Bertz CT molecular complexity index is 685. The molecule has 0 N–H and O–H groups in total. The third kappa shape index (κ3) is 2.57. The molecule has 0 aliphatic heterocycles. The van der Waals surface area contributed by atoms with Gasteiger partial charge in [0.1, 0.15) is 0 Å². The first-order valence-electron chi connectivity index (χ1n) is 8.45. The Morgan fingerprint density at radius 1 is 0.739 bits per heavy atom. The lowest BCUT2D eigenvalue weighted by Gasteiger charge is -2.47. The molecule has 3 rings (SSSR count). The van der Waals surface area contributed by atoms with Gasteiger partial charge < -0.3 is 0 Å². The van der Waals surface area contributed by atoms with Crippen molar-refractivity contribution in [1.82, 2.24) is 0 Å². The second-order valence-corrected chi connectivity index (χ2v) is 7.55. The third-order valence-corrected chi connectivity index (χ3v) is 5.07. The highest BCUT2D eigenvalue weighted by molar-refractivity contribution is 5.54. The lowest BCUT2D eigenvalue weighted by atomic mass is 9.55. The maximum Gasteiger partial charge on any atom is 0.0465 e. The molecule has 2 aromatic rings. The first-order chi connectivity index (χ1) is 11.0. The Kier molecular flexibility index (Phi) is 4.02. The molecule has 2 aromatic carbocycles. The van der Waals surface area contributed by atoms with Gasteiger partial charge in [0.15, 0.2) is 0 Å². The molecule has 0 heterocycles. The molecule has 0 amide bonds. The Balaban J connectivity index is 2.34. The van der Waals surface area contributed by atoms with Gasteiger partial charge in [-0.15, -0.1) is 0 Å². The molecule has 23 heavy (non-hydrogen) atoms. The fourth-order valence-corrected chi connectivity index (χ4v) is 4.19. The predicted molar refractivity (Wildman–Crippen MR) is 99.6 cm³/mol. The minimum absolute atomic E-state index is 0.0694. The van der Waals surface area contributed by atoms with Crippen molar-refractivity contribution < 1.29 is 0 Å². The van der Waals surface area contributed by atoms with E-state index in [0.29, 0.717) is 0 Å². The smallest absolute Gasteiger partial charge is 0.0465 e. The van der Waals surface area contributed by atoms with E-state index >= 15 is 0 Å². The van der Waals surface area contributed by atoms with E-state index in [9.17, 15) is 0 Å². The zero-order valence-corrected chi connectivity index (χ0v) is 14.6. The summed E-state index contributed by atoms with van der Waals surface area (Å²) in [6.45, 7) is 9.29. The summed E-state index contributed by atoms with van der Waals surface area (Å²) in [5, 5.41) is 0. The minimum atomic E-state index is -0.107. The quantitative estimate of drug-likeness (QED) is 0.624. The van der Waals surface area contributed by atoms with Crippen LogP contribution >= 0.6 is 0 Å². The molecule has 0 nitrogen and oxygen atoms in total. The zero-order valence-electron chi connectivity index (χ0n) is 14.6. The topological polar surface area (TPSA) is 0 Å². The summed E-state index contributed by atoms with van der Waals surface area (Å²) in [5.74, 6) is 0. The molecule has 0 saturated heterocycles. The van der Waals surface area contributed by atoms with Gasteiger partial charge in [-0.05, 0) is 29.9 Å². The van der Waals surface area contributed by atoms with Crippen LogP contribution in [0.2, 0.25) is 0 Å². The van der Waals surface area contributed by atoms with E-state index in [1.165, 1.54) is 22.3 Å². The van der Waals surface area contributed by atoms with Gasteiger partial charge in [0.25, 0.3) is 0 Å². The predicted octanol–water partition coefficient (Wildman–Crippen LogP) is 6.30. The van der Waals surface area contributed by atoms with Crippen LogP contribution in [0.4, 0.5) is 0 Å². The van der Waals surface area contributed by atoms with Crippen molar-refractivity contribution in [3.05, 3.63) is 95.1 Å². The van der Waals surface area contributed by atoms with Crippen LogP contribution in [-0.4, -0.2) is 0 Å². The fourth-order valence-electron chi connectivity index (χ4n) is 4.19. The summed E-state index contributed by atoms with van der Waals surface area (Å²) >= 11 is 0. The van der Waals surface area contributed by atoms with Gasteiger partial charge in [0.05, 0.1) is 0 Å². The highest BCUT2D eigenvalue weighted by Crippen LogP contribution is 2.54. The summed E-state index contributed by atoms with van der Waals surface area (Å²) in [4.78, 5) is 0. The van der Waals surface area contributed by atoms with Crippen molar-refractivity contribution >= 4 is 0 Å². The summed E-state index contributed by atoms with van der Waals surface area (Å²) in [6.07, 6.45) is 5.78. The number of benzene rings is 2. The Hall–Kier alpha value is -2.08. The second-order valence-electron chi connectivity index (χ2n) is 7.55. The van der Waals surface area contributed by atoms with Crippen molar-refractivity contribution in [2.24, 2.45) is 5.41 Å². The average Bonchev–Trinajstić information content (AvgIpc) is 2.95. The average molecular weight is 302 g/mol. The summed E-state index contributed by atoms with van der Waals surface area (Å²) in [5.41, 5.74) is 5.60. The first kappa shape index (κ1) is 15.8. The Morgan fingerprint density at radius 2 is 1.22 bits per heavy atom. The van der Waals surface area contributed by atoms with E-state index in [4.69, 9.17) is 0 Å². The SMILES string of the molecule is CC1=CCC(C(c2ccccc2)(c2ccccc2)C(C)(C)C)=C1. The molecule has 118 valence electrons. The van der Waals surface area contributed by atoms with Gasteiger partial charge >= 0.3 is 0 Å².